The van der Waals surface area contributed by atoms with E-state index in [1.54, 1.807) is 0 Å². The minimum absolute atomic E-state index is 0.149. The first-order valence-electron chi connectivity index (χ1n) is 6.82. The largest absolute Gasteiger partial charge is 0.309 e. The summed E-state index contributed by atoms with van der Waals surface area (Å²) in [6, 6.07) is 3.58. The van der Waals surface area contributed by atoms with Gasteiger partial charge < -0.3 is 10.2 Å². The average molecular weight is 237 g/mol. The van der Waals surface area contributed by atoms with Gasteiger partial charge in [0.2, 0.25) is 0 Å². The van der Waals surface area contributed by atoms with Crippen molar-refractivity contribution in [3.05, 3.63) is 0 Å². The van der Waals surface area contributed by atoms with Crippen LogP contribution in [0.3, 0.4) is 0 Å². The average Bonchev–Trinajstić information content (AvgIpc) is 2.23. The molecule has 0 saturated carbocycles. The minimum atomic E-state index is -0.149. The fraction of sp³-hybridized carbons (Fsp3) is 0.929. The Bertz CT molecular complexity index is 257. The Kier molecular flexibility index (Phi) is 5.42. The van der Waals surface area contributed by atoms with Crippen molar-refractivity contribution in [1.29, 1.82) is 5.26 Å². The molecule has 3 nitrogen and oxygen atoms in total. The second kappa shape index (κ2) is 6.37. The summed E-state index contributed by atoms with van der Waals surface area (Å²) >= 11 is 0. The van der Waals surface area contributed by atoms with E-state index in [2.05, 4.69) is 30.1 Å². The maximum absolute atomic E-state index is 8.94. The summed E-state index contributed by atoms with van der Waals surface area (Å²) in [6.07, 6.45) is 3.39. The molecule has 1 heterocycles. The van der Waals surface area contributed by atoms with Crippen molar-refractivity contribution in [2.45, 2.75) is 59.0 Å². The highest BCUT2D eigenvalue weighted by atomic mass is 15.2. The van der Waals surface area contributed by atoms with Crippen LogP contribution in [0.2, 0.25) is 0 Å². The van der Waals surface area contributed by atoms with E-state index in [1.165, 1.54) is 13.0 Å². The van der Waals surface area contributed by atoms with E-state index in [9.17, 15) is 0 Å². The SMILES string of the molecule is CC1CN(CCCCC(C)(C)C#N)CC(C)N1. The maximum Gasteiger partial charge on any atom is 0.0683 e. The number of hydrogen-bond donors (Lipinski definition) is 1. The molecule has 0 aliphatic carbocycles. The van der Waals surface area contributed by atoms with Gasteiger partial charge in [-0.15, -0.1) is 0 Å². The molecule has 2 unspecified atom stereocenters. The molecule has 1 saturated heterocycles. The van der Waals surface area contributed by atoms with E-state index in [1.807, 2.05) is 13.8 Å². The van der Waals surface area contributed by atoms with Crippen molar-refractivity contribution < 1.29 is 0 Å². The molecule has 17 heavy (non-hydrogen) atoms. The first kappa shape index (κ1) is 14.5. The van der Waals surface area contributed by atoms with Gasteiger partial charge in [-0.1, -0.05) is 6.42 Å². The second-order valence-corrected chi connectivity index (χ2v) is 6.18. The molecule has 1 rings (SSSR count). The number of nitriles is 1. The highest BCUT2D eigenvalue weighted by Gasteiger charge is 2.21. The molecule has 1 fully saturated rings. The molecule has 2 atom stereocenters. The van der Waals surface area contributed by atoms with Gasteiger partial charge in [-0.05, 0) is 47.1 Å². The molecule has 0 aromatic carbocycles. The van der Waals surface area contributed by atoms with Crippen molar-refractivity contribution >= 4 is 0 Å². The van der Waals surface area contributed by atoms with Crippen LogP contribution in [0.5, 0.6) is 0 Å². The van der Waals surface area contributed by atoms with Gasteiger partial charge in [0, 0.05) is 25.2 Å². The summed E-state index contributed by atoms with van der Waals surface area (Å²) in [5.74, 6) is 0. The van der Waals surface area contributed by atoms with Gasteiger partial charge >= 0.3 is 0 Å². The van der Waals surface area contributed by atoms with E-state index in [0.717, 1.165) is 25.9 Å². The summed E-state index contributed by atoms with van der Waals surface area (Å²) in [5.41, 5.74) is -0.149. The Morgan fingerprint density at radius 1 is 1.24 bits per heavy atom. The van der Waals surface area contributed by atoms with Crippen molar-refractivity contribution in [2.24, 2.45) is 5.41 Å². The Morgan fingerprint density at radius 2 is 1.82 bits per heavy atom. The number of piperazine rings is 1. The molecule has 0 aromatic rings. The zero-order valence-corrected chi connectivity index (χ0v) is 11.8. The lowest BCUT2D eigenvalue weighted by molar-refractivity contribution is 0.169. The van der Waals surface area contributed by atoms with Crippen molar-refractivity contribution in [3.8, 4) is 6.07 Å². The van der Waals surface area contributed by atoms with Gasteiger partial charge in [-0.2, -0.15) is 5.26 Å². The third-order valence-corrected chi connectivity index (χ3v) is 3.46. The quantitative estimate of drug-likeness (QED) is 0.746. The fourth-order valence-electron chi connectivity index (χ4n) is 2.58. The summed E-state index contributed by atoms with van der Waals surface area (Å²) in [4.78, 5) is 2.55. The highest BCUT2D eigenvalue weighted by molar-refractivity contribution is 4.91. The van der Waals surface area contributed by atoms with Crippen LogP contribution in [0.15, 0.2) is 0 Å². The van der Waals surface area contributed by atoms with E-state index >= 15 is 0 Å². The summed E-state index contributed by atoms with van der Waals surface area (Å²) in [5, 5.41) is 12.5. The first-order valence-corrected chi connectivity index (χ1v) is 6.82. The molecule has 1 aliphatic heterocycles. The molecule has 0 spiro atoms. The van der Waals surface area contributed by atoms with Crippen molar-refractivity contribution in [1.82, 2.24) is 10.2 Å². The number of nitrogens with one attached hydrogen (secondary N) is 1. The monoisotopic (exact) mass is 237 g/mol. The Hall–Kier alpha value is -0.590. The minimum Gasteiger partial charge on any atom is -0.309 e. The van der Waals surface area contributed by atoms with Gasteiger partial charge in [0.15, 0.2) is 0 Å². The molecular weight excluding hydrogens is 210 g/mol. The second-order valence-electron chi connectivity index (χ2n) is 6.18. The smallest absolute Gasteiger partial charge is 0.0683 e. The lowest BCUT2D eigenvalue weighted by atomic mass is 9.89. The highest BCUT2D eigenvalue weighted by Crippen LogP contribution is 2.21. The van der Waals surface area contributed by atoms with Gasteiger partial charge in [0.05, 0.1) is 11.5 Å². The summed E-state index contributed by atoms with van der Waals surface area (Å²) in [6.45, 7) is 12.1. The van der Waals surface area contributed by atoms with Crippen LogP contribution in [-0.4, -0.2) is 36.6 Å². The molecule has 0 radical (unpaired) electrons. The molecule has 1 N–H and O–H groups in total. The van der Waals surface area contributed by atoms with Crippen LogP contribution in [0.1, 0.15) is 47.0 Å². The number of nitrogens with zero attached hydrogens (tertiary/aromatic N) is 2. The molecule has 0 amide bonds. The van der Waals surface area contributed by atoms with E-state index in [0.29, 0.717) is 12.1 Å². The third-order valence-electron chi connectivity index (χ3n) is 3.46. The first-order chi connectivity index (χ1) is 7.93. The van der Waals surface area contributed by atoms with E-state index in [4.69, 9.17) is 5.26 Å². The Morgan fingerprint density at radius 3 is 2.35 bits per heavy atom. The predicted octanol–water partition coefficient (Wildman–Crippen LogP) is 2.39. The molecule has 1 aliphatic rings. The standard InChI is InChI=1S/C14H27N3/c1-12-9-17(10-13(2)16-12)8-6-5-7-14(3,4)11-15/h12-13,16H,5-10H2,1-4H3. The van der Waals surface area contributed by atoms with Gasteiger partial charge in [-0.25, -0.2) is 0 Å². The van der Waals surface area contributed by atoms with Crippen LogP contribution in [0.4, 0.5) is 0 Å². The van der Waals surface area contributed by atoms with Gasteiger partial charge in [-0.3, -0.25) is 0 Å². The molecule has 3 heteroatoms. The van der Waals surface area contributed by atoms with Crippen molar-refractivity contribution in [2.75, 3.05) is 19.6 Å². The van der Waals surface area contributed by atoms with E-state index < -0.39 is 0 Å². The zero-order chi connectivity index (χ0) is 12.9. The molecular formula is C14H27N3. The normalized spacial score (nSPS) is 26.8. The lowest BCUT2D eigenvalue weighted by Gasteiger charge is -2.36. The molecule has 0 bridgehead atoms. The van der Waals surface area contributed by atoms with Crippen molar-refractivity contribution in [3.63, 3.8) is 0 Å². The van der Waals surface area contributed by atoms with Crippen LogP contribution in [-0.2, 0) is 0 Å². The van der Waals surface area contributed by atoms with E-state index in [-0.39, 0.29) is 5.41 Å². The van der Waals surface area contributed by atoms with Crippen LogP contribution >= 0.6 is 0 Å². The predicted molar refractivity (Wildman–Crippen MR) is 71.7 cm³/mol. The van der Waals surface area contributed by atoms with Crippen LogP contribution in [0.25, 0.3) is 0 Å². The molecule has 98 valence electrons. The van der Waals surface area contributed by atoms with Crippen LogP contribution < -0.4 is 5.32 Å². The Balaban J connectivity index is 2.17. The van der Waals surface area contributed by atoms with Gasteiger partial charge in [0.1, 0.15) is 0 Å². The summed E-state index contributed by atoms with van der Waals surface area (Å²) in [7, 11) is 0. The topological polar surface area (TPSA) is 39.1 Å². The lowest BCUT2D eigenvalue weighted by Crippen LogP contribution is -2.54. The fourth-order valence-corrected chi connectivity index (χ4v) is 2.58. The molecule has 0 aromatic heterocycles. The van der Waals surface area contributed by atoms with Crippen LogP contribution in [0, 0.1) is 16.7 Å². The Labute approximate surface area is 106 Å². The number of hydrogen-bond acceptors (Lipinski definition) is 3. The number of unbranched alkanes of at least 4 members (excludes halogenated alkanes) is 1. The zero-order valence-electron chi connectivity index (χ0n) is 11.8. The van der Waals surface area contributed by atoms with Gasteiger partial charge in [0.25, 0.3) is 0 Å². The maximum atomic E-state index is 8.94. The number of rotatable bonds is 5. The third kappa shape index (κ3) is 5.52. The summed E-state index contributed by atoms with van der Waals surface area (Å²) < 4.78 is 0.